The molecule has 0 aliphatic heterocycles. The predicted octanol–water partition coefficient (Wildman–Crippen LogP) is 6.76. The summed E-state index contributed by atoms with van der Waals surface area (Å²) >= 11 is 0. The van der Waals surface area contributed by atoms with E-state index in [1.54, 1.807) is 0 Å². The van der Waals surface area contributed by atoms with Crippen LogP contribution >= 0.6 is 0 Å². The molecule has 0 heterocycles. The fraction of sp³-hybridized carbons (Fsp3) is 0. The first-order chi connectivity index (χ1) is 22.7. The quantitative estimate of drug-likeness (QED) is 0.0603. The van der Waals surface area contributed by atoms with E-state index >= 15 is 0 Å². The molecule has 8 aromatic rings. The van der Waals surface area contributed by atoms with E-state index in [4.69, 9.17) is 0 Å². The highest BCUT2D eigenvalue weighted by Gasteiger charge is 2.18. The van der Waals surface area contributed by atoms with Gasteiger partial charge in [-0.15, -0.1) is 0 Å². The molecule has 240 valence electrons. The van der Waals surface area contributed by atoms with Gasteiger partial charge in [0.05, 0.1) is 0 Å². The van der Waals surface area contributed by atoms with Gasteiger partial charge in [-0.05, 0) is 137 Å². The number of phenolic OH excluding ortho intramolecular Hbond substituents is 12. The molecule has 8 rings (SSSR count). The number of benzene rings is 8. The van der Waals surface area contributed by atoms with Gasteiger partial charge in [-0.2, -0.15) is 0 Å². The van der Waals surface area contributed by atoms with Crippen molar-refractivity contribution in [2.75, 3.05) is 0 Å². The van der Waals surface area contributed by atoms with Gasteiger partial charge in [0.2, 0.25) is 0 Å². The van der Waals surface area contributed by atoms with Crippen molar-refractivity contribution in [3.8, 4) is 69.0 Å². The number of aromatic hydroxyl groups is 12. The Bertz CT molecular complexity index is 1980. The Kier molecular flexibility index (Phi) is 6.31. The Morgan fingerprint density at radius 3 is 0.271 bits per heavy atom. The minimum atomic E-state index is -0.335. The highest BCUT2D eigenvalue weighted by atomic mass is 16.3. The number of phenols is 12. The van der Waals surface area contributed by atoms with Crippen molar-refractivity contribution < 1.29 is 61.3 Å². The number of hydrogen-bond donors (Lipinski definition) is 12. The summed E-state index contributed by atoms with van der Waals surface area (Å²) in [5.74, 6) is -4.01. The molecule has 0 spiro atoms. The maximum Gasteiger partial charge on any atom is 0.158 e. The summed E-state index contributed by atoms with van der Waals surface area (Å²) in [4.78, 5) is 0. The van der Waals surface area contributed by atoms with Crippen molar-refractivity contribution in [1.82, 2.24) is 0 Å². The third kappa shape index (κ3) is 4.39. The topological polar surface area (TPSA) is 243 Å². The van der Waals surface area contributed by atoms with Gasteiger partial charge in [0.1, 0.15) is 0 Å². The average Bonchev–Trinajstić information content (AvgIpc) is 3.03. The summed E-state index contributed by atoms with van der Waals surface area (Å²) in [6, 6.07) is 16.1. The fourth-order valence-corrected chi connectivity index (χ4v) is 6.13. The molecule has 0 fully saturated rings. The zero-order chi connectivity index (χ0) is 34.3. The minimum Gasteiger partial charge on any atom is -0.504 e. The van der Waals surface area contributed by atoms with Gasteiger partial charge in [-0.1, -0.05) is 0 Å². The van der Waals surface area contributed by atoms with Crippen molar-refractivity contribution in [1.29, 1.82) is 0 Å². The van der Waals surface area contributed by atoms with Crippen molar-refractivity contribution >= 4 is 64.6 Å². The smallest absolute Gasteiger partial charge is 0.158 e. The van der Waals surface area contributed by atoms with Crippen molar-refractivity contribution in [2.45, 2.75) is 0 Å². The minimum absolute atomic E-state index is 0.335. The van der Waals surface area contributed by atoms with Crippen LogP contribution in [0.15, 0.2) is 72.8 Å². The standard InChI is InChI=1S/2C18H12O6/c2*19-13-1-7-8(2-14(13)20)10-4-17(23)18(24)6-12(10)11-5-16(22)15(21)3-9(7)11/h2*1-6,19-24H. The largest absolute Gasteiger partial charge is 0.504 e. The molecule has 0 saturated heterocycles. The van der Waals surface area contributed by atoms with Crippen molar-refractivity contribution in [3.05, 3.63) is 72.8 Å². The summed E-state index contributed by atoms with van der Waals surface area (Å²) in [5, 5.41) is 124. The molecule has 0 saturated carbocycles. The van der Waals surface area contributed by atoms with Crippen LogP contribution in [0, 0.1) is 0 Å². The highest BCUT2D eigenvalue weighted by molar-refractivity contribution is 6.28. The molecular weight excluding hydrogens is 624 g/mol. The molecule has 0 amide bonds. The zero-order valence-corrected chi connectivity index (χ0v) is 24.3. The molecule has 0 aliphatic carbocycles. The van der Waals surface area contributed by atoms with Crippen molar-refractivity contribution in [3.63, 3.8) is 0 Å². The molecule has 0 aliphatic rings. The number of fused-ring (bicyclic) bond motifs is 12. The summed E-state index contributed by atoms with van der Waals surface area (Å²) in [5.41, 5.74) is 0. The van der Waals surface area contributed by atoms with Crippen LogP contribution in [-0.2, 0) is 0 Å². The van der Waals surface area contributed by atoms with E-state index in [0.29, 0.717) is 64.6 Å². The van der Waals surface area contributed by atoms with Gasteiger partial charge in [0, 0.05) is 0 Å². The molecular formula is C36H24O12. The van der Waals surface area contributed by atoms with E-state index in [1.807, 2.05) is 0 Å². The number of hydrogen-bond acceptors (Lipinski definition) is 12. The Morgan fingerprint density at radius 1 is 0.146 bits per heavy atom. The van der Waals surface area contributed by atoms with E-state index < -0.39 is 0 Å². The van der Waals surface area contributed by atoms with Crippen LogP contribution in [-0.4, -0.2) is 61.3 Å². The first kappa shape index (κ1) is 29.6. The summed E-state index contributed by atoms with van der Waals surface area (Å²) in [7, 11) is 0. The molecule has 12 N–H and O–H groups in total. The zero-order valence-electron chi connectivity index (χ0n) is 24.3. The third-order valence-electron chi connectivity index (χ3n) is 8.43. The van der Waals surface area contributed by atoms with Gasteiger partial charge in [0.15, 0.2) is 69.0 Å². The van der Waals surface area contributed by atoms with Crippen LogP contribution in [0.1, 0.15) is 0 Å². The van der Waals surface area contributed by atoms with E-state index in [-0.39, 0.29) is 69.0 Å². The second-order valence-electron chi connectivity index (χ2n) is 11.3. The van der Waals surface area contributed by atoms with Crippen LogP contribution in [0.2, 0.25) is 0 Å². The first-order valence-corrected chi connectivity index (χ1v) is 14.1. The third-order valence-corrected chi connectivity index (χ3v) is 8.43. The Hall–Kier alpha value is -7.08. The van der Waals surface area contributed by atoms with E-state index in [0.717, 1.165) is 0 Å². The maximum absolute atomic E-state index is 9.82. The summed E-state index contributed by atoms with van der Waals surface area (Å²) < 4.78 is 0. The average molecular weight is 649 g/mol. The summed E-state index contributed by atoms with van der Waals surface area (Å²) in [6.07, 6.45) is 0. The lowest BCUT2D eigenvalue weighted by atomic mass is 9.93. The maximum atomic E-state index is 9.82. The van der Waals surface area contributed by atoms with E-state index in [2.05, 4.69) is 0 Å². The molecule has 12 nitrogen and oxygen atoms in total. The Morgan fingerprint density at radius 2 is 0.208 bits per heavy atom. The van der Waals surface area contributed by atoms with Gasteiger partial charge in [-0.25, -0.2) is 0 Å². The van der Waals surface area contributed by atoms with E-state index in [1.165, 1.54) is 72.8 Å². The lowest BCUT2D eigenvalue weighted by Gasteiger charge is -2.13. The van der Waals surface area contributed by atoms with Crippen LogP contribution in [0.5, 0.6) is 69.0 Å². The molecule has 0 bridgehead atoms. The second kappa shape index (κ2) is 10.2. The fourth-order valence-electron chi connectivity index (χ4n) is 6.13. The molecule has 0 radical (unpaired) electrons. The van der Waals surface area contributed by atoms with Gasteiger partial charge >= 0.3 is 0 Å². The lowest BCUT2D eigenvalue weighted by Crippen LogP contribution is -1.85. The molecule has 0 unspecified atom stereocenters. The van der Waals surface area contributed by atoms with E-state index in [9.17, 15) is 61.3 Å². The number of rotatable bonds is 0. The molecule has 48 heavy (non-hydrogen) atoms. The monoisotopic (exact) mass is 648 g/mol. The predicted molar refractivity (Wildman–Crippen MR) is 178 cm³/mol. The van der Waals surface area contributed by atoms with Gasteiger partial charge < -0.3 is 61.3 Å². The van der Waals surface area contributed by atoms with Crippen LogP contribution in [0.4, 0.5) is 0 Å². The molecule has 0 aromatic heterocycles. The Balaban J connectivity index is 0.000000152. The van der Waals surface area contributed by atoms with Crippen LogP contribution < -0.4 is 0 Å². The highest BCUT2D eigenvalue weighted by Crippen LogP contribution is 2.47. The molecule has 12 heteroatoms. The summed E-state index contributed by atoms with van der Waals surface area (Å²) in [6.45, 7) is 0. The van der Waals surface area contributed by atoms with Gasteiger partial charge in [-0.3, -0.25) is 0 Å². The van der Waals surface area contributed by atoms with Gasteiger partial charge in [0.25, 0.3) is 0 Å². The molecule has 0 atom stereocenters. The Labute approximate surface area is 267 Å². The van der Waals surface area contributed by atoms with Crippen molar-refractivity contribution in [2.24, 2.45) is 0 Å². The lowest BCUT2D eigenvalue weighted by molar-refractivity contribution is 0.404. The normalized spacial score (nSPS) is 11.5. The SMILES string of the molecule is Oc1cc2c3cc(O)c(O)cc3c3cc(O)c(O)cc3c2cc1O.Oc1cc2c3cc(O)c(O)cc3c3cc(O)c(O)cc3c2cc1O. The second-order valence-corrected chi connectivity index (χ2v) is 11.3. The first-order valence-electron chi connectivity index (χ1n) is 14.1. The van der Waals surface area contributed by atoms with Crippen LogP contribution in [0.25, 0.3) is 64.6 Å². The van der Waals surface area contributed by atoms with Crippen LogP contribution in [0.3, 0.4) is 0 Å². The molecule has 8 aromatic carbocycles.